The molecule has 1 amide bonds. The van der Waals surface area contributed by atoms with Crippen LogP contribution in [0.15, 0.2) is 21.3 Å². The first-order chi connectivity index (χ1) is 10.8. The van der Waals surface area contributed by atoms with E-state index in [1.165, 1.54) is 6.07 Å². The summed E-state index contributed by atoms with van der Waals surface area (Å²) in [4.78, 5) is 33.9. The number of phenols is 1. The molecule has 0 saturated carbocycles. The van der Waals surface area contributed by atoms with Crippen LogP contribution in [0.5, 0.6) is 5.75 Å². The molecule has 0 aliphatic carbocycles. The molecule has 0 aliphatic rings. The van der Waals surface area contributed by atoms with E-state index in [1.807, 2.05) is 0 Å². The van der Waals surface area contributed by atoms with Crippen molar-refractivity contribution in [3.8, 4) is 5.75 Å². The Labute approximate surface area is 131 Å². The number of fused-ring (bicyclic) bond motifs is 1. The second kappa shape index (κ2) is 6.51. The summed E-state index contributed by atoms with van der Waals surface area (Å²) in [6.07, 6.45) is 0.0877. The van der Waals surface area contributed by atoms with E-state index < -0.39 is 24.0 Å². The third-order valence-corrected chi connectivity index (χ3v) is 3.71. The van der Waals surface area contributed by atoms with Gasteiger partial charge in [-0.1, -0.05) is 0 Å². The van der Waals surface area contributed by atoms with Gasteiger partial charge < -0.3 is 24.7 Å². The third kappa shape index (κ3) is 3.50. The number of amides is 1. The Morgan fingerprint density at radius 2 is 1.96 bits per heavy atom. The predicted molar refractivity (Wildman–Crippen MR) is 80.0 cm³/mol. The molecule has 0 fully saturated rings. The number of benzene rings is 1. The molecule has 2 aromatic rings. The Kier molecular flexibility index (Phi) is 4.68. The first kappa shape index (κ1) is 16.5. The zero-order valence-corrected chi connectivity index (χ0v) is 12.8. The lowest BCUT2D eigenvalue weighted by Crippen LogP contribution is -2.37. The number of hydrogen-bond acceptors (Lipinski definition) is 6. The van der Waals surface area contributed by atoms with Crippen LogP contribution < -0.4 is 16.0 Å². The van der Waals surface area contributed by atoms with Gasteiger partial charge in [0.1, 0.15) is 11.3 Å². The summed E-state index contributed by atoms with van der Waals surface area (Å²) in [5.74, 6) is -1.83. The summed E-state index contributed by atoms with van der Waals surface area (Å²) in [6.45, 7) is 2.82. The number of rotatable bonds is 5. The van der Waals surface area contributed by atoms with Gasteiger partial charge in [0.05, 0.1) is 12.5 Å². The predicted octanol–water partition coefficient (Wildman–Crippen LogP) is -0.0859. The molecule has 1 aromatic carbocycles. The number of aromatic hydroxyl groups is 1. The van der Waals surface area contributed by atoms with Gasteiger partial charge in [-0.05, 0) is 38.0 Å². The van der Waals surface area contributed by atoms with Gasteiger partial charge in [0.15, 0.2) is 0 Å². The molecular weight excluding hydrogens is 302 g/mol. The third-order valence-electron chi connectivity index (χ3n) is 3.71. The fourth-order valence-corrected chi connectivity index (χ4v) is 2.37. The van der Waals surface area contributed by atoms with E-state index in [0.29, 0.717) is 27.7 Å². The van der Waals surface area contributed by atoms with Crippen LogP contribution >= 0.6 is 0 Å². The number of aliphatic carboxylic acids is 1. The lowest BCUT2D eigenvalue weighted by atomic mass is 10.0. The molecule has 0 spiro atoms. The van der Waals surface area contributed by atoms with E-state index in [9.17, 15) is 24.6 Å². The van der Waals surface area contributed by atoms with E-state index in [2.05, 4.69) is 5.32 Å². The molecule has 2 N–H and O–H groups in total. The van der Waals surface area contributed by atoms with Crippen molar-refractivity contribution in [2.45, 2.75) is 26.7 Å². The molecule has 1 heterocycles. The number of nitrogens with one attached hydrogen (secondary N) is 1. The van der Waals surface area contributed by atoms with Crippen LogP contribution in [0.25, 0.3) is 11.0 Å². The fourth-order valence-electron chi connectivity index (χ4n) is 2.37. The van der Waals surface area contributed by atoms with E-state index in [0.717, 1.165) is 0 Å². The maximum absolute atomic E-state index is 12.1. The molecule has 0 aliphatic heterocycles. The highest BCUT2D eigenvalue weighted by Crippen LogP contribution is 2.28. The van der Waals surface area contributed by atoms with Gasteiger partial charge in [-0.25, -0.2) is 4.79 Å². The standard InChI is InChI=1S/C16H17NO6/c1-8-10-3-5-12(18)9(2)15(10)23-16(22)11(8)4-6-13(19)17-7-14(20)21/h3,5,18H,4,6-7H2,1-2H3,(H,17,19)(H,20,21)/p-1. The Bertz CT molecular complexity index is 837. The maximum Gasteiger partial charge on any atom is 0.339 e. The minimum Gasteiger partial charge on any atom is -0.548 e. The Hall–Kier alpha value is -2.83. The highest BCUT2D eigenvalue weighted by Gasteiger charge is 2.15. The van der Waals surface area contributed by atoms with E-state index in [1.54, 1.807) is 19.9 Å². The monoisotopic (exact) mass is 318 g/mol. The van der Waals surface area contributed by atoms with Crippen LogP contribution in [0.2, 0.25) is 0 Å². The van der Waals surface area contributed by atoms with Crippen molar-refractivity contribution in [3.63, 3.8) is 0 Å². The van der Waals surface area contributed by atoms with Crippen molar-refractivity contribution >= 4 is 22.8 Å². The van der Waals surface area contributed by atoms with Crippen LogP contribution in [0.3, 0.4) is 0 Å². The zero-order chi connectivity index (χ0) is 17.1. The highest BCUT2D eigenvalue weighted by atomic mass is 16.4. The van der Waals surface area contributed by atoms with Crippen molar-refractivity contribution in [2.24, 2.45) is 0 Å². The molecule has 0 atom stereocenters. The van der Waals surface area contributed by atoms with Crippen LogP contribution in [0, 0.1) is 13.8 Å². The summed E-state index contributed by atoms with van der Waals surface area (Å²) in [5, 5.41) is 22.8. The molecular formula is C16H16NO6-. The van der Waals surface area contributed by atoms with Gasteiger partial charge in [0.2, 0.25) is 5.91 Å². The Balaban J connectivity index is 2.28. The SMILES string of the molecule is Cc1c(CCC(=O)NCC(=O)[O-])c(=O)oc2c(C)c(O)ccc12. The van der Waals surface area contributed by atoms with Gasteiger partial charge in [0, 0.05) is 22.9 Å². The van der Waals surface area contributed by atoms with Gasteiger partial charge >= 0.3 is 5.63 Å². The molecule has 7 heteroatoms. The topological polar surface area (TPSA) is 120 Å². The molecule has 0 bridgehead atoms. The quantitative estimate of drug-likeness (QED) is 0.744. The molecule has 1 aromatic heterocycles. The smallest absolute Gasteiger partial charge is 0.339 e. The minimum absolute atomic E-state index is 0.0365. The van der Waals surface area contributed by atoms with E-state index in [-0.39, 0.29) is 18.6 Å². The average Bonchev–Trinajstić information content (AvgIpc) is 2.49. The first-order valence-corrected chi connectivity index (χ1v) is 7.02. The average molecular weight is 318 g/mol. The largest absolute Gasteiger partial charge is 0.548 e. The number of carboxylic acid groups (broad SMARTS) is 1. The van der Waals surface area contributed by atoms with Gasteiger partial charge in [-0.15, -0.1) is 0 Å². The molecule has 0 radical (unpaired) electrons. The number of hydrogen-bond donors (Lipinski definition) is 2. The number of carboxylic acids is 1. The minimum atomic E-state index is -1.38. The molecule has 23 heavy (non-hydrogen) atoms. The summed E-state index contributed by atoms with van der Waals surface area (Å²) in [6, 6.07) is 3.16. The Morgan fingerprint density at radius 1 is 1.26 bits per heavy atom. The summed E-state index contributed by atoms with van der Waals surface area (Å²) < 4.78 is 5.26. The normalized spacial score (nSPS) is 10.7. The number of aryl methyl sites for hydroxylation is 2. The van der Waals surface area contributed by atoms with Crippen molar-refractivity contribution in [1.82, 2.24) is 5.32 Å². The molecule has 0 saturated heterocycles. The second-order valence-electron chi connectivity index (χ2n) is 5.23. The van der Waals surface area contributed by atoms with Crippen LogP contribution in [0.1, 0.15) is 23.1 Å². The first-order valence-electron chi connectivity index (χ1n) is 7.02. The molecule has 122 valence electrons. The van der Waals surface area contributed by atoms with Crippen molar-refractivity contribution in [1.29, 1.82) is 0 Å². The maximum atomic E-state index is 12.1. The summed E-state index contributed by atoms with van der Waals surface area (Å²) in [5.41, 5.74) is 1.24. The zero-order valence-electron chi connectivity index (χ0n) is 12.8. The van der Waals surface area contributed by atoms with Crippen LogP contribution in [0.4, 0.5) is 0 Å². The summed E-state index contributed by atoms with van der Waals surface area (Å²) in [7, 11) is 0. The number of carbonyl (C=O) groups is 2. The van der Waals surface area contributed by atoms with Crippen molar-refractivity contribution in [3.05, 3.63) is 39.2 Å². The van der Waals surface area contributed by atoms with Gasteiger partial charge in [0.25, 0.3) is 0 Å². The van der Waals surface area contributed by atoms with Gasteiger partial charge in [-0.2, -0.15) is 0 Å². The van der Waals surface area contributed by atoms with Crippen molar-refractivity contribution < 1.29 is 24.2 Å². The second-order valence-corrected chi connectivity index (χ2v) is 5.23. The van der Waals surface area contributed by atoms with Crippen LogP contribution in [-0.2, 0) is 16.0 Å². The lowest BCUT2D eigenvalue weighted by Gasteiger charge is -2.10. The highest BCUT2D eigenvalue weighted by molar-refractivity contribution is 5.86. The fraction of sp³-hybridized carbons (Fsp3) is 0.312. The van der Waals surface area contributed by atoms with E-state index >= 15 is 0 Å². The van der Waals surface area contributed by atoms with Crippen molar-refractivity contribution in [2.75, 3.05) is 6.54 Å². The number of phenolic OH excluding ortho intramolecular Hbond substituents is 1. The lowest BCUT2D eigenvalue weighted by molar-refractivity contribution is -0.304. The molecule has 7 nitrogen and oxygen atoms in total. The van der Waals surface area contributed by atoms with E-state index in [4.69, 9.17) is 4.42 Å². The number of carbonyl (C=O) groups excluding carboxylic acids is 2. The summed E-state index contributed by atoms with van der Waals surface area (Å²) >= 11 is 0. The van der Waals surface area contributed by atoms with Crippen LogP contribution in [-0.4, -0.2) is 23.5 Å². The van der Waals surface area contributed by atoms with Gasteiger partial charge in [-0.3, -0.25) is 4.79 Å². The molecule has 0 unspecified atom stereocenters. The molecule has 2 rings (SSSR count). The Morgan fingerprint density at radius 3 is 2.61 bits per heavy atom.